The van der Waals surface area contributed by atoms with Gasteiger partial charge in [-0.25, -0.2) is 0 Å². The van der Waals surface area contributed by atoms with Crippen molar-refractivity contribution >= 4 is 0 Å². The summed E-state index contributed by atoms with van der Waals surface area (Å²) in [7, 11) is 1.55. The van der Waals surface area contributed by atoms with E-state index in [2.05, 4.69) is 0 Å². The number of hydrogen-bond acceptors (Lipinski definition) is 4. The van der Waals surface area contributed by atoms with Crippen LogP contribution in [0.4, 0.5) is 0 Å². The average Bonchev–Trinajstić information content (AvgIpc) is 2.41. The number of benzene rings is 1. The summed E-state index contributed by atoms with van der Waals surface area (Å²) in [5.41, 5.74) is 5.39. The molecule has 1 aliphatic rings. The zero-order valence-corrected chi connectivity index (χ0v) is 10.7. The highest BCUT2D eigenvalue weighted by atomic mass is 16.6. The largest absolute Gasteiger partial charge is 0.496 e. The van der Waals surface area contributed by atoms with Crippen molar-refractivity contribution in [3.05, 3.63) is 64.2 Å². The number of nitro groups is 1. The van der Waals surface area contributed by atoms with E-state index in [1.54, 1.807) is 37.5 Å². The van der Waals surface area contributed by atoms with E-state index < -0.39 is 11.6 Å². The molecule has 100 valence electrons. The van der Waals surface area contributed by atoms with Crippen LogP contribution in [0.5, 0.6) is 5.75 Å². The lowest BCUT2D eigenvalue weighted by molar-refractivity contribution is -0.556. The van der Waals surface area contributed by atoms with Crippen LogP contribution in [0.15, 0.2) is 48.6 Å². The zero-order valence-electron chi connectivity index (χ0n) is 10.7. The lowest BCUT2D eigenvalue weighted by Crippen LogP contribution is -2.54. The molecule has 19 heavy (non-hydrogen) atoms. The van der Waals surface area contributed by atoms with Crippen molar-refractivity contribution in [2.75, 3.05) is 7.11 Å². The van der Waals surface area contributed by atoms with Crippen molar-refractivity contribution < 1.29 is 9.66 Å². The molecule has 1 aromatic carbocycles. The molecule has 0 radical (unpaired) electrons. The second-order valence-electron chi connectivity index (χ2n) is 4.51. The minimum atomic E-state index is -1.32. The van der Waals surface area contributed by atoms with Crippen LogP contribution in [0.2, 0.25) is 0 Å². The Hall–Kier alpha value is -2.14. The molecule has 2 rings (SSSR count). The first-order chi connectivity index (χ1) is 9.10. The average molecular weight is 260 g/mol. The van der Waals surface area contributed by atoms with E-state index in [0.29, 0.717) is 5.75 Å². The maximum Gasteiger partial charge on any atom is 0.263 e. The third-order valence-electron chi connectivity index (χ3n) is 3.40. The first-order valence-corrected chi connectivity index (χ1v) is 5.98. The first kappa shape index (κ1) is 13.3. The number of hydrogen-bond donors (Lipinski definition) is 1. The summed E-state index contributed by atoms with van der Waals surface area (Å²) in [6.07, 6.45) is 6.81. The third-order valence-corrected chi connectivity index (χ3v) is 3.40. The Bertz CT molecular complexity index is 539. The minimum absolute atomic E-state index is 0.200. The third kappa shape index (κ3) is 2.37. The molecule has 0 heterocycles. The number of nitrogens with zero attached hydrogens (tertiary/aromatic N) is 1. The van der Waals surface area contributed by atoms with Gasteiger partial charge in [0.15, 0.2) is 0 Å². The van der Waals surface area contributed by atoms with Gasteiger partial charge in [-0.05, 0) is 12.1 Å². The number of allylic oxidation sites excluding steroid dienone is 2. The van der Waals surface area contributed by atoms with Gasteiger partial charge in [-0.1, -0.05) is 36.4 Å². The maximum absolute atomic E-state index is 11.5. The van der Waals surface area contributed by atoms with Crippen molar-refractivity contribution in [2.24, 2.45) is 5.73 Å². The van der Waals surface area contributed by atoms with Crippen LogP contribution in [0.3, 0.4) is 0 Å². The standard InChI is InChI=1S/C14H16N2O3/c1-19-12-7-3-2-6-11(12)10-14(16(17)18)9-5-4-8-13(14)15/h2-9,13H,10,15H2,1H3. The van der Waals surface area contributed by atoms with Gasteiger partial charge in [0, 0.05) is 10.5 Å². The number of para-hydroxylation sites is 1. The molecule has 0 amide bonds. The van der Waals surface area contributed by atoms with E-state index in [9.17, 15) is 10.1 Å². The van der Waals surface area contributed by atoms with Crippen LogP contribution < -0.4 is 10.5 Å². The van der Waals surface area contributed by atoms with Crippen LogP contribution in [0, 0.1) is 10.1 Å². The van der Waals surface area contributed by atoms with E-state index >= 15 is 0 Å². The van der Waals surface area contributed by atoms with Crippen LogP contribution in [-0.4, -0.2) is 23.6 Å². The molecule has 5 heteroatoms. The smallest absolute Gasteiger partial charge is 0.263 e. The fourth-order valence-electron chi connectivity index (χ4n) is 2.26. The van der Waals surface area contributed by atoms with Gasteiger partial charge in [0.2, 0.25) is 0 Å². The summed E-state index contributed by atoms with van der Waals surface area (Å²) in [5.74, 6) is 0.638. The van der Waals surface area contributed by atoms with Gasteiger partial charge in [0.1, 0.15) is 5.75 Å². The van der Waals surface area contributed by atoms with Gasteiger partial charge in [-0.15, -0.1) is 0 Å². The molecule has 2 N–H and O–H groups in total. The molecular weight excluding hydrogens is 244 g/mol. The summed E-state index contributed by atoms with van der Waals surface area (Å²) in [6.45, 7) is 0. The zero-order chi connectivity index (χ0) is 13.9. The van der Waals surface area contributed by atoms with Gasteiger partial charge < -0.3 is 10.5 Å². The van der Waals surface area contributed by atoms with E-state index in [-0.39, 0.29) is 11.3 Å². The molecule has 1 aromatic rings. The predicted molar refractivity (Wildman–Crippen MR) is 72.7 cm³/mol. The van der Waals surface area contributed by atoms with E-state index in [1.165, 1.54) is 0 Å². The molecule has 0 aliphatic heterocycles. The van der Waals surface area contributed by atoms with Crippen LogP contribution in [0.1, 0.15) is 5.56 Å². The Morgan fingerprint density at radius 2 is 2.16 bits per heavy atom. The van der Waals surface area contributed by atoms with E-state index in [4.69, 9.17) is 10.5 Å². The highest BCUT2D eigenvalue weighted by Crippen LogP contribution is 2.29. The predicted octanol–water partition coefficient (Wildman–Crippen LogP) is 1.71. The second kappa shape index (κ2) is 5.24. The van der Waals surface area contributed by atoms with Gasteiger partial charge in [-0.2, -0.15) is 0 Å². The highest BCUT2D eigenvalue weighted by molar-refractivity contribution is 5.37. The SMILES string of the molecule is COc1ccccc1CC1([N+](=O)[O-])C=CC=CC1N. The van der Waals surface area contributed by atoms with Crippen molar-refractivity contribution in [1.29, 1.82) is 0 Å². The van der Waals surface area contributed by atoms with Crippen molar-refractivity contribution in [1.82, 2.24) is 0 Å². The normalized spacial score (nSPS) is 25.3. The number of rotatable bonds is 4. The lowest BCUT2D eigenvalue weighted by Gasteiger charge is -2.28. The lowest BCUT2D eigenvalue weighted by atomic mass is 9.81. The molecule has 0 bridgehead atoms. The molecule has 0 saturated carbocycles. The molecule has 0 saturated heterocycles. The van der Waals surface area contributed by atoms with E-state index in [1.807, 2.05) is 18.2 Å². The summed E-state index contributed by atoms with van der Waals surface area (Å²) >= 11 is 0. The Morgan fingerprint density at radius 1 is 1.42 bits per heavy atom. The number of ether oxygens (including phenoxy) is 1. The highest BCUT2D eigenvalue weighted by Gasteiger charge is 2.46. The van der Waals surface area contributed by atoms with Gasteiger partial charge in [0.05, 0.1) is 19.6 Å². The summed E-state index contributed by atoms with van der Waals surface area (Å²) < 4.78 is 5.24. The maximum atomic E-state index is 11.5. The first-order valence-electron chi connectivity index (χ1n) is 5.98. The van der Waals surface area contributed by atoms with Gasteiger partial charge in [0.25, 0.3) is 5.54 Å². The Labute approximate surface area is 111 Å². The summed E-state index contributed by atoms with van der Waals surface area (Å²) in [5, 5.41) is 11.5. The van der Waals surface area contributed by atoms with Gasteiger partial charge in [-0.3, -0.25) is 10.1 Å². The Morgan fingerprint density at radius 3 is 2.79 bits per heavy atom. The van der Waals surface area contributed by atoms with E-state index in [0.717, 1.165) is 5.56 Å². The monoisotopic (exact) mass is 260 g/mol. The molecule has 0 aromatic heterocycles. The molecule has 2 unspecified atom stereocenters. The molecule has 1 aliphatic carbocycles. The second-order valence-corrected chi connectivity index (χ2v) is 4.51. The van der Waals surface area contributed by atoms with Crippen molar-refractivity contribution in [2.45, 2.75) is 18.0 Å². The van der Waals surface area contributed by atoms with Gasteiger partial charge >= 0.3 is 0 Å². The molecule has 0 fully saturated rings. The number of nitrogens with two attached hydrogens (primary N) is 1. The topological polar surface area (TPSA) is 78.4 Å². The molecule has 5 nitrogen and oxygen atoms in total. The van der Waals surface area contributed by atoms with Crippen LogP contribution >= 0.6 is 0 Å². The quantitative estimate of drug-likeness (QED) is 0.660. The van der Waals surface area contributed by atoms with Crippen molar-refractivity contribution in [3.63, 3.8) is 0 Å². The summed E-state index contributed by atoms with van der Waals surface area (Å²) in [6, 6.07) is 6.62. The summed E-state index contributed by atoms with van der Waals surface area (Å²) in [4.78, 5) is 11.2. The molecule has 0 spiro atoms. The Balaban J connectivity index is 2.40. The number of methoxy groups -OCH3 is 1. The molecule has 2 atom stereocenters. The fourth-order valence-corrected chi connectivity index (χ4v) is 2.26. The molecular formula is C14H16N2O3. The Kier molecular flexibility index (Phi) is 3.66. The minimum Gasteiger partial charge on any atom is -0.496 e. The van der Waals surface area contributed by atoms with Crippen LogP contribution in [-0.2, 0) is 6.42 Å². The fraction of sp³-hybridized carbons (Fsp3) is 0.286. The van der Waals surface area contributed by atoms with Crippen molar-refractivity contribution in [3.8, 4) is 5.75 Å². The van der Waals surface area contributed by atoms with Crippen LogP contribution in [0.25, 0.3) is 0 Å².